The second-order valence-electron chi connectivity index (χ2n) is 4.80. The van der Waals surface area contributed by atoms with E-state index in [9.17, 15) is 4.79 Å². The van der Waals surface area contributed by atoms with Crippen molar-refractivity contribution in [2.24, 2.45) is 0 Å². The van der Waals surface area contributed by atoms with Crippen LogP contribution in [0, 0.1) is 0 Å². The molecule has 1 N–H and O–H groups in total. The Labute approximate surface area is 132 Å². The van der Waals surface area contributed by atoms with E-state index in [1.54, 1.807) is 12.1 Å². The van der Waals surface area contributed by atoms with Gasteiger partial charge >= 0.3 is 0 Å². The Morgan fingerprint density at radius 1 is 1.27 bits per heavy atom. The summed E-state index contributed by atoms with van der Waals surface area (Å²) in [6.07, 6.45) is 1.79. The molecule has 0 saturated heterocycles. The van der Waals surface area contributed by atoms with E-state index in [4.69, 9.17) is 19.0 Å². The van der Waals surface area contributed by atoms with Crippen molar-refractivity contribution in [1.82, 2.24) is 0 Å². The van der Waals surface area contributed by atoms with Crippen molar-refractivity contribution in [2.75, 3.05) is 19.2 Å². The zero-order valence-corrected chi connectivity index (χ0v) is 12.7. The molecule has 0 amide bonds. The number of ether oxygens (including phenoxy) is 2. The molecule has 1 aliphatic rings. The number of thioether (sulfide) groups is 1. The van der Waals surface area contributed by atoms with E-state index in [0.29, 0.717) is 29.4 Å². The van der Waals surface area contributed by atoms with Gasteiger partial charge in [0.15, 0.2) is 23.0 Å². The first-order valence-corrected chi connectivity index (χ1v) is 8.01. The highest BCUT2D eigenvalue weighted by atomic mass is 32.2. The molecule has 1 aliphatic heterocycles. The fourth-order valence-electron chi connectivity index (χ4n) is 2.29. The van der Waals surface area contributed by atoms with Gasteiger partial charge in [0.1, 0.15) is 0 Å². The molecule has 0 saturated carbocycles. The monoisotopic (exact) mass is 320 g/mol. The zero-order valence-electron chi connectivity index (χ0n) is 11.9. The lowest BCUT2D eigenvalue weighted by Crippen LogP contribution is -2.06. The number of carbonyl (C=O) groups excluding carboxylic acids is 1. The van der Waals surface area contributed by atoms with E-state index in [1.165, 1.54) is 18.0 Å². The van der Waals surface area contributed by atoms with Crippen LogP contribution in [0.15, 0.2) is 41.0 Å². The van der Waals surface area contributed by atoms with Crippen LogP contribution in [0.4, 0.5) is 0 Å². The third-order valence-corrected chi connectivity index (χ3v) is 4.61. The molecule has 0 aliphatic carbocycles. The van der Waals surface area contributed by atoms with Crippen LogP contribution in [0.1, 0.15) is 27.8 Å². The van der Waals surface area contributed by atoms with Gasteiger partial charge < -0.3 is 19.0 Å². The Kier molecular flexibility index (Phi) is 4.70. The quantitative estimate of drug-likeness (QED) is 0.791. The van der Waals surface area contributed by atoms with Gasteiger partial charge in [-0.1, -0.05) is 6.07 Å². The maximum absolute atomic E-state index is 12.3. The van der Waals surface area contributed by atoms with Gasteiger partial charge in [0, 0.05) is 17.4 Å². The number of aliphatic hydroxyl groups excluding tert-OH is 1. The second kappa shape index (κ2) is 6.89. The van der Waals surface area contributed by atoms with Crippen molar-refractivity contribution in [3.63, 3.8) is 0 Å². The third kappa shape index (κ3) is 3.28. The number of hydrogen-bond donors (Lipinski definition) is 1. The van der Waals surface area contributed by atoms with Crippen LogP contribution in [0.5, 0.6) is 11.5 Å². The number of hydrogen-bond acceptors (Lipinski definition) is 6. The highest BCUT2D eigenvalue weighted by Crippen LogP contribution is 2.39. The molecule has 116 valence electrons. The number of ketones is 1. The average Bonchev–Trinajstić information content (AvgIpc) is 3.20. The minimum atomic E-state index is -0.0701. The molecule has 0 fully saturated rings. The van der Waals surface area contributed by atoms with Gasteiger partial charge in [-0.15, -0.1) is 0 Å². The van der Waals surface area contributed by atoms with Gasteiger partial charge in [-0.25, -0.2) is 0 Å². The topological polar surface area (TPSA) is 68.9 Å². The van der Waals surface area contributed by atoms with Crippen molar-refractivity contribution in [1.29, 1.82) is 0 Å². The summed E-state index contributed by atoms with van der Waals surface area (Å²) in [6.45, 7) is 0.291. The van der Waals surface area contributed by atoms with Crippen LogP contribution in [0.25, 0.3) is 0 Å². The maximum atomic E-state index is 12.3. The average molecular weight is 320 g/mol. The van der Waals surface area contributed by atoms with E-state index in [0.717, 1.165) is 5.56 Å². The lowest BCUT2D eigenvalue weighted by atomic mass is 10.1. The first-order chi connectivity index (χ1) is 10.8. The Morgan fingerprint density at radius 3 is 2.91 bits per heavy atom. The Bertz CT molecular complexity index is 638. The first-order valence-electron chi connectivity index (χ1n) is 6.96. The zero-order chi connectivity index (χ0) is 15.4. The van der Waals surface area contributed by atoms with Crippen LogP contribution in [-0.2, 0) is 0 Å². The molecule has 2 aromatic rings. The predicted molar refractivity (Wildman–Crippen MR) is 82.5 cm³/mol. The van der Waals surface area contributed by atoms with Crippen molar-refractivity contribution in [2.45, 2.75) is 11.7 Å². The number of furan rings is 1. The molecule has 6 heteroatoms. The molecule has 0 spiro atoms. The molecule has 0 radical (unpaired) electrons. The third-order valence-electron chi connectivity index (χ3n) is 3.35. The molecule has 1 aromatic carbocycles. The fraction of sp³-hybridized carbons (Fsp3) is 0.312. The summed E-state index contributed by atoms with van der Waals surface area (Å²) in [5, 5.41) is 9.00. The van der Waals surface area contributed by atoms with Crippen LogP contribution < -0.4 is 9.47 Å². The lowest BCUT2D eigenvalue weighted by molar-refractivity contribution is 0.0955. The molecule has 0 bridgehead atoms. The minimum Gasteiger partial charge on any atom is -0.461 e. The summed E-state index contributed by atoms with van der Waals surface area (Å²) in [5.41, 5.74) is 0.975. The molecule has 1 atom stereocenters. The molecular weight excluding hydrogens is 304 g/mol. The van der Waals surface area contributed by atoms with E-state index in [1.807, 2.05) is 18.2 Å². The fourth-order valence-corrected chi connectivity index (χ4v) is 3.29. The number of benzene rings is 1. The van der Waals surface area contributed by atoms with E-state index in [2.05, 4.69) is 0 Å². The van der Waals surface area contributed by atoms with Gasteiger partial charge in [0.05, 0.1) is 12.9 Å². The second-order valence-corrected chi connectivity index (χ2v) is 6.11. The lowest BCUT2D eigenvalue weighted by Gasteiger charge is -2.16. The SMILES string of the molecule is O=C(C[C@@H](SCCO)c1ccc2c(c1)OCO2)c1ccco1. The Morgan fingerprint density at radius 2 is 2.14 bits per heavy atom. The van der Waals surface area contributed by atoms with E-state index >= 15 is 0 Å². The number of Topliss-reactive ketones (excluding diaryl/α,β-unsaturated/α-hetero) is 1. The van der Waals surface area contributed by atoms with Crippen LogP contribution >= 0.6 is 11.8 Å². The Balaban J connectivity index is 1.78. The Hall–Kier alpha value is -1.92. The molecule has 0 unspecified atom stereocenters. The summed E-state index contributed by atoms with van der Waals surface area (Å²) in [7, 11) is 0. The predicted octanol–water partition coefficient (Wildman–Crippen LogP) is 3.05. The van der Waals surface area contributed by atoms with Crippen LogP contribution in [-0.4, -0.2) is 30.0 Å². The minimum absolute atomic E-state index is 0.0573. The molecule has 3 rings (SSSR count). The number of aliphatic hydroxyl groups is 1. The largest absolute Gasteiger partial charge is 0.461 e. The molecule has 1 aromatic heterocycles. The van der Waals surface area contributed by atoms with E-state index in [-0.39, 0.29) is 24.4 Å². The highest BCUT2D eigenvalue weighted by molar-refractivity contribution is 7.99. The number of carbonyl (C=O) groups is 1. The summed E-state index contributed by atoms with van der Waals surface area (Å²) in [6, 6.07) is 9.03. The van der Waals surface area contributed by atoms with E-state index < -0.39 is 0 Å². The summed E-state index contributed by atoms with van der Waals surface area (Å²) >= 11 is 1.54. The van der Waals surface area contributed by atoms with Crippen molar-refractivity contribution >= 4 is 17.5 Å². The summed E-state index contributed by atoms with van der Waals surface area (Å²) < 4.78 is 15.8. The number of fused-ring (bicyclic) bond motifs is 1. The summed E-state index contributed by atoms with van der Waals surface area (Å²) in [4.78, 5) is 12.3. The van der Waals surface area contributed by atoms with Gasteiger partial charge in [-0.2, -0.15) is 11.8 Å². The smallest absolute Gasteiger partial charge is 0.231 e. The van der Waals surface area contributed by atoms with Gasteiger partial charge in [0.2, 0.25) is 6.79 Å². The van der Waals surface area contributed by atoms with Crippen LogP contribution in [0.2, 0.25) is 0 Å². The first kappa shape index (κ1) is 15.0. The molecule has 5 nitrogen and oxygen atoms in total. The molecule has 22 heavy (non-hydrogen) atoms. The van der Waals surface area contributed by atoms with Gasteiger partial charge in [-0.05, 0) is 29.8 Å². The van der Waals surface area contributed by atoms with Crippen molar-refractivity contribution in [3.05, 3.63) is 47.9 Å². The summed E-state index contributed by atoms with van der Waals surface area (Å²) in [5.74, 6) is 2.27. The van der Waals surface area contributed by atoms with Crippen molar-refractivity contribution < 1.29 is 23.8 Å². The van der Waals surface area contributed by atoms with Gasteiger partial charge in [-0.3, -0.25) is 4.79 Å². The van der Waals surface area contributed by atoms with Crippen molar-refractivity contribution in [3.8, 4) is 11.5 Å². The van der Waals surface area contributed by atoms with Gasteiger partial charge in [0.25, 0.3) is 0 Å². The molecular formula is C16H16O5S. The normalized spacial score (nSPS) is 14.0. The highest BCUT2D eigenvalue weighted by Gasteiger charge is 2.22. The maximum Gasteiger partial charge on any atom is 0.231 e. The molecule has 2 heterocycles. The standard InChI is InChI=1S/C16H16O5S/c17-5-7-22-16(9-12(18)13-2-1-6-19-13)11-3-4-14-15(8-11)21-10-20-14/h1-4,6,8,16-17H,5,7,9-10H2/t16-/m1/s1. The number of rotatable bonds is 7. The van der Waals surface area contributed by atoms with Crippen LogP contribution in [0.3, 0.4) is 0 Å².